The zero-order chi connectivity index (χ0) is 12.1. The highest BCUT2D eigenvalue weighted by molar-refractivity contribution is 5.16. The number of benzene rings is 1. The number of nitrogens with zero attached hydrogens (tertiary/aromatic N) is 1. The normalized spacial score (nSPS) is 11.4. The van der Waals surface area contributed by atoms with Crippen LogP contribution in [-0.4, -0.2) is 5.16 Å². The number of rotatable bonds is 5. The van der Waals surface area contributed by atoms with Gasteiger partial charge in [0.1, 0.15) is 5.76 Å². The molecule has 1 heterocycles. The highest BCUT2D eigenvalue weighted by atomic mass is 16.5. The lowest BCUT2D eigenvalue weighted by molar-refractivity contribution is 0.376. The molecule has 0 amide bonds. The van der Waals surface area contributed by atoms with E-state index < -0.39 is 0 Å². The highest BCUT2D eigenvalue weighted by Gasteiger charge is 2.03. The molecule has 0 aliphatic carbocycles. The van der Waals surface area contributed by atoms with E-state index in [1.54, 1.807) is 0 Å². The molecule has 0 fully saturated rings. The molecule has 84 valence electrons. The van der Waals surface area contributed by atoms with Crippen molar-refractivity contribution in [2.24, 2.45) is 0 Å². The van der Waals surface area contributed by atoms with Crippen LogP contribution in [0.3, 0.4) is 0 Å². The molecule has 1 aromatic heterocycles. The van der Waals surface area contributed by atoms with E-state index in [4.69, 9.17) is 5.89 Å². The Morgan fingerprint density at radius 1 is 1.19 bits per heavy atom. The van der Waals surface area contributed by atoms with Crippen molar-refractivity contribution in [1.82, 2.24) is 5.16 Å². The molecule has 0 atom stereocenters. The molecule has 0 unspecified atom stereocenters. The van der Waals surface area contributed by atoms with Gasteiger partial charge in [-0.25, -0.2) is 0 Å². The predicted octanol–water partition coefficient (Wildman–Crippen LogP) is 3.41. The van der Waals surface area contributed by atoms with Gasteiger partial charge in [-0.2, -0.15) is 0 Å². The van der Waals surface area contributed by atoms with E-state index in [-0.39, 0.29) is 0 Å². The molecule has 0 bridgehead atoms. The van der Waals surface area contributed by atoms with Gasteiger partial charge in [0.25, 0.3) is 0 Å². The van der Waals surface area contributed by atoms with Crippen molar-refractivity contribution >= 4 is 0 Å². The number of aryl methyl sites for hydroxylation is 3. The number of hydrogen-bond acceptors (Lipinski definition) is 2. The molecule has 0 aliphatic rings. The fourth-order valence-corrected chi connectivity index (χ4v) is 1.67. The van der Waals surface area contributed by atoms with Crippen LogP contribution in [0.5, 0.6) is 0 Å². The van der Waals surface area contributed by atoms with Crippen LogP contribution in [0.15, 0.2) is 40.9 Å². The van der Waals surface area contributed by atoms with Gasteiger partial charge in [-0.1, -0.05) is 42.4 Å². The Balaban J connectivity index is 2.00. The zero-order valence-electron chi connectivity index (χ0n) is 10.6. The van der Waals surface area contributed by atoms with Crippen LogP contribution >= 0.6 is 0 Å². The Hall–Kier alpha value is -1.57. The molecular formula is C14H17NO. The summed E-state index contributed by atoms with van der Waals surface area (Å²) in [6.45, 7) is 2.08. The van der Waals surface area contributed by atoms with E-state index in [2.05, 4.69) is 24.2 Å². The highest BCUT2D eigenvalue weighted by Crippen LogP contribution is 2.09. The molecule has 0 saturated carbocycles. The number of hydrogen-bond donors (Lipinski definition) is 0. The topological polar surface area (TPSA) is 26.0 Å². The second-order valence-corrected chi connectivity index (χ2v) is 3.91. The SMILES string of the molecule is [2H]c1c(CCc2ccccc2)noc1CCC. The summed E-state index contributed by atoms with van der Waals surface area (Å²) < 4.78 is 13.1. The van der Waals surface area contributed by atoms with Crippen LogP contribution in [-0.2, 0) is 19.3 Å². The van der Waals surface area contributed by atoms with Crippen molar-refractivity contribution in [3.63, 3.8) is 0 Å². The van der Waals surface area contributed by atoms with Gasteiger partial charge in [0, 0.05) is 12.5 Å². The molecule has 2 heteroatoms. The summed E-state index contributed by atoms with van der Waals surface area (Å²) in [4.78, 5) is 0. The van der Waals surface area contributed by atoms with E-state index in [1.165, 1.54) is 5.56 Å². The van der Waals surface area contributed by atoms with E-state index in [1.807, 2.05) is 18.2 Å². The zero-order valence-corrected chi connectivity index (χ0v) is 9.57. The fraction of sp³-hybridized carbons (Fsp3) is 0.357. The third-order valence-corrected chi connectivity index (χ3v) is 2.52. The first kappa shape index (κ1) is 9.64. The first-order valence-electron chi connectivity index (χ1n) is 6.29. The van der Waals surface area contributed by atoms with Crippen molar-refractivity contribution < 1.29 is 5.89 Å². The summed E-state index contributed by atoms with van der Waals surface area (Å²) in [5.74, 6) is 0.718. The average molecular weight is 216 g/mol. The maximum absolute atomic E-state index is 7.94. The van der Waals surface area contributed by atoms with E-state index >= 15 is 0 Å². The van der Waals surface area contributed by atoms with Crippen LogP contribution < -0.4 is 0 Å². The molecule has 2 rings (SSSR count). The van der Waals surface area contributed by atoms with Gasteiger partial charge in [-0.3, -0.25) is 0 Å². The molecule has 2 aromatic rings. The lowest BCUT2D eigenvalue weighted by atomic mass is 10.1. The van der Waals surface area contributed by atoms with E-state index in [0.29, 0.717) is 6.04 Å². The third kappa shape index (κ3) is 2.96. The Bertz CT molecular complexity index is 464. The summed E-state index contributed by atoms with van der Waals surface area (Å²) in [5.41, 5.74) is 2.05. The van der Waals surface area contributed by atoms with Gasteiger partial charge in [0.2, 0.25) is 0 Å². The van der Waals surface area contributed by atoms with Crippen molar-refractivity contribution in [3.8, 4) is 0 Å². The average Bonchev–Trinajstić information content (AvgIpc) is 2.70. The second-order valence-electron chi connectivity index (χ2n) is 3.91. The summed E-state index contributed by atoms with van der Waals surface area (Å²) in [5, 5.41) is 3.99. The molecule has 2 nitrogen and oxygen atoms in total. The standard InChI is InChI=1S/C14H17NO/c1-2-6-14-11-13(15-16-14)10-9-12-7-4-3-5-8-12/h3-5,7-8,11H,2,6,9-10H2,1H3/i11D. The van der Waals surface area contributed by atoms with Crippen LogP contribution in [0.1, 0.15) is 31.7 Å². The quantitative estimate of drug-likeness (QED) is 0.765. The predicted molar refractivity (Wildman–Crippen MR) is 64.3 cm³/mol. The van der Waals surface area contributed by atoms with Crippen LogP contribution in [0.4, 0.5) is 0 Å². The monoisotopic (exact) mass is 216 g/mol. The van der Waals surface area contributed by atoms with E-state index in [0.717, 1.165) is 37.1 Å². The minimum Gasteiger partial charge on any atom is -0.361 e. The van der Waals surface area contributed by atoms with Crippen molar-refractivity contribution in [2.45, 2.75) is 32.6 Å². The summed E-state index contributed by atoms with van der Waals surface area (Å²) in [6, 6.07) is 10.7. The Morgan fingerprint density at radius 2 is 2.00 bits per heavy atom. The first-order chi connectivity index (χ1) is 8.31. The van der Waals surface area contributed by atoms with Crippen molar-refractivity contribution in [2.75, 3.05) is 0 Å². The van der Waals surface area contributed by atoms with Gasteiger partial charge in [0.05, 0.1) is 7.06 Å². The van der Waals surface area contributed by atoms with Gasteiger partial charge < -0.3 is 4.52 Å². The van der Waals surface area contributed by atoms with Gasteiger partial charge in [-0.05, 0) is 24.8 Å². The Kier molecular flexibility index (Phi) is 3.31. The number of aromatic nitrogens is 1. The third-order valence-electron chi connectivity index (χ3n) is 2.52. The maximum Gasteiger partial charge on any atom is 0.136 e. The molecule has 0 spiro atoms. The minimum absolute atomic E-state index is 0.489. The first-order valence-corrected chi connectivity index (χ1v) is 5.79. The Labute approximate surface area is 97.7 Å². The van der Waals surface area contributed by atoms with Crippen LogP contribution in [0.25, 0.3) is 0 Å². The molecule has 1 aromatic carbocycles. The molecule has 0 N–H and O–H groups in total. The summed E-state index contributed by atoms with van der Waals surface area (Å²) in [7, 11) is 0. The van der Waals surface area contributed by atoms with Crippen LogP contribution in [0.2, 0.25) is 0 Å². The lowest BCUT2D eigenvalue weighted by Crippen LogP contribution is -1.90. The van der Waals surface area contributed by atoms with Crippen molar-refractivity contribution in [3.05, 3.63) is 53.4 Å². The summed E-state index contributed by atoms with van der Waals surface area (Å²) >= 11 is 0. The molecule has 0 saturated heterocycles. The smallest absolute Gasteiger partial charge is 0.136 e. The summed E-state index contributed by atoms with van der Waals surface area (Å²) in [6.07, 6.45) is 3.47. The maximum atomic E-state index is 7.94. The minimum atomic E-state index is 0.489. The van der Waals surface area contributed by atoms with Crippen LogP contribution in [0, 0.1) is 0 Å². The van der Waals surface area contributed by atoms with Gasteiger partial charge in [0.15, 0.2) is 0 Å². The fourth-order valence-electron chi connectivity index (χ4n) is 1.67. The molecule has 0 radical (unpaired) electrons. The van der Waals surface area contributed by atoms with Crippen molar-refractivity contribution in [1.29, 1.82) is 0 Å². The second kappa shape index (κ2) is 5.50. The molecule has 0 aliphatic heterocycles. The van der Waals surface area contributed by atoms with Gasteiger partial charge in [-0.15, -0.1) is 0 Å². The lowest BCUT2D eigenvalue weighted by Gasteiger charge is -1.96. The van der Waals surface area contributed by atoms with E-state index in [9.17, 15) is 0 Å². The largest absolute Gasteiger partial charge is 0.361 e. The van der Waals surface area contributed by atoms with Gasteiger partial charge >= 0.3 is 0 Å². The Morgan fingerprint density at radius 3 is 2.75 bits per heavy atom. The molecule has 16 heavy (non-hydrogen) atoms. The molecular weight excluding hydrogens is 198 g/mol.